The Morgan fingerprint density at radius 2 is 1.85 bits per heavy atom. The molecule has 0 saturated carbocycles. The van der Waals surface area contributed by atoms with E-state index < -0.39 is 15.8 Å². The zero-order chi connectivity index (χ0) is 18.7. The van der Waals surface area contributed by atoms with E-state index >= 15 is 0 Å². The summed E-state index contributed by atoms with van der Waals surface area (Å²) in [4.78, 5) is 0.207. The molecule has 0 atom stereocenters. The first-order valence-corrected chi connectivity index (χ1v) is 9.49. The van der Waals surface area contributed by atoms with Gasteiger partial charge in [-0.25, -0.2) is 17.5 Å². The SMILES string of the molecule is Cc1ccc(S(=O)(=O)NCCc2nnc(-c3ccccc3F)o2)cc1C. The Morgan fingerprint density at radius 1 is 1.08 bits per heavy atom. The molecule has 0 aliphatic rings. The van der Waals surface area contributed by atoms with E-state index in [9.17, 15) is 12.8 Å². The highest BCUT2D eigenvalue weighted by Gasteiger charge is 2.16. The van der Waals surface area contributed by atoms with Gasteiger partial charge in [0, 0.05) is 13.0 Å². The Kier molecular flexibility index (Phi) is 5.15. The number of nitrogens with zero attached hydrogens (tertiary/aromatic N) is 2. The Balaban J connectivity index is 1.65. The molecule has 8 heteroatoms. The van der Waals surface area contributed by atoms with Gasteiger partial charge in [0.25, 0.3) is 5.89 Å². The normalized spacial score (nSPS) is 11.7. The van der Waals surface area contributed by atoms with Gasteiger partial charge in [0.15, 0.2) is 0 Å². The van der Waals surface area contributed by atoms with Crippen molar-refractivity contribution in [3.63, 3.8) is 0 Å². The molecule has 0 radical (unpaired) electrons. The van der Waals surface area contributed by atoms with E-state index in [1.807, 2.05) is 13.8 Å². The van der Waals surface area contributed by atoms with Crippen molar-refractivity contribution in [2.24, 2.45) is 0 Å². The van der Waals surface area contributed by atoms with Crippen molar-refractivity contribution in [2.45, 2.75) is 25.2 Å². The molecular formula is C18H18FN3O3S. The summed E-state index contributed by atoms with van der Waals surface area (Å²) >= 11 is 0. The summed E-state index contributed by atoms with van der Waals surface area (Å²) in [5.41, 5.74) is 2.14. The molecule has 26 heavy (non-hydrogen) atoms. The second-order valence-corrected chi connectivity index (χ2v) is 7.64. The summed E-state index contributed by atoms with van der Waals surface area (Å²) in [6.45, 7) is 3.87. The fourth-order valence-electron chi connectivity index (χ4n) is 2.35. The van der Waals surface area contributed by atoms with Crippen LogP contribution in [-0.2, 0) is 16.4 Å². The lowest BCUT2D eigenvalue weighted by Crippen LogP contribution is -2.26. The second kappa shape index (κ2) is 7.35. The van der Waals surface area contributed by atoms with Crippen LogP contribution < -0.4 is 4.72 Å². The summed E-state index contributed by atoms with van der Waals surface area (Å²) in [7, 11) is -3.62. The highest BCUT2D eigenvalue weighted by Crippen LogP contribution is 2.21. The fourth-order valence-corrected chi connectivity index (χ4v) is 3.47. The average Bonchev–Trinajstić information content (AvgIpc) is 3.06. The minimum absolute atomic E-state index is 0.0649. The van der Waals surface area contributed by atoms with E-state index in [1.54, 1.807) is 30.3 Å². The van der Waals surface area contributed by atoms with Crippen molar-refractivity contribution in [3.8, 4) is 11.5 Å². The zero-order valence-corrected chi connectivity index (χ0v) is 15.2. The highest BCUT2D eigenvalue weighted by molar-refractivity contribution is 7.89. The van der Waals surface area contributed by atoms with Crippen molar-refractivity contribution in [3.05, 3.63) is 65.3 Å². The number of benzene rings is 2. The number of halogens is 1. The third kappa shape index (κ3) is 3.97. The van der Waals surface area contributed by atoms with Gasteiger partial charge in [0.1, 0.15) is 5.82 Å². The van der Waals surface area contributed by atoms with E-state index in [0.717, 1.165) is 11.1 Å². The van der Waals surface area contributed by atoms with Crippen molar-refractivity contribution in [1.82, 2.24) is 14.9 Å². The summed E-state index contributed by atoms with van der Waals surface area (Å²) in [6, 6.07) is 11.0. The fraction of sp³-hybridized carbons (Fsp3) is 0.222. The third-order valence-corrected chi connectivity index (χ3v) is 5.45. The van der Waals surface area contributed by atoms with Gasteiger partial charge in [0.05, 0.1) is 10.5 Å². The molecule has 0 aliphatic heterocycles. The smallest absolute Gasteiger partial charge is 0.250 e. The van der Waals surface area contributed by atoms with Crippen molar-refractivity contribution in [2.75, 3.05) is 6.54 Å². The monoisotopic (exact) mass is 375 g/mol. The second-order valence-electron chi connectivity index (χ2n) is 5.87. The molecule has 1 N–H and O–H groups in total. The molecule has 0 fully saturated rings. The van der Waals surface area contributed by atoms with E-state index in [2.05, 4.69) is 14.9 Å². The summed E-state index contributed by atoms with van der Waals surface area (Å²) in [6.07, 6.45) is 0.200. The molecule has 0 unspecified atom stereocenters. The van der Waals surface area contributed by atoms with Crippen molar-refractivity contribution < 1.29 is 17.2 Å². The predicted molar refractivity (Wildman–Crippen MR) is 94.5 cm³/mol. The van der Waals surface area contributed by atoms with E-state index in [-0.39, 0.29) is 35.2 Å². The molecule has 6 nitrogen and oxygen atoms in total. The van der Waals surface area contributed by atoms with Gasteiger partial charge < -0.3 is 4.42 Å². The number of aryl methyl sites for hydroxylation is 2. The van der Waals surface area contributed by atoms with Gasteiger partial charge in [-0.3, -0.25) is 0 Å². The van der Waals surface area contributed by atoms with E-state index in [0.29, 0.717) is 0 Å². The molecule has 3 aromatic rings. The van der Waals surface area contributed by atoms with Gasteiger partial charge in [-0.05, 0) is 49.2 Å². The van der Waals surface area contributed by atoms with Crippen LogP contribution in [-0.4, -0.2) is 25.2 Å². The average molecular weight is 375 g/mol. The maximum absolute atomic E-state index is 13.7. The maximum Gasteiger partial charge on any atom is 0.250 e. The molecule has 0 spiro atoms. The number of aromatic nitrogens is 2. The molecule has 0 amide bonds. The largest absolute Gasteiger partial charge is 0.421 e. The van der Waals surface area contributed by atoms with Crippen LogP contribution in [0.15, 0.2) is 51.8 Å². The van der Waals surface area contributed by atoms with Crippen LogP contribution in [0.5, 0.6) is 0 Å². The molecule has 1 aromatic heterocycles. The van der Waals surface area contributed by atoms with E-state index in [4.69, 9.17) is 4.42 Å². The zero-order valence-electron chi connectivity index (χ0n) is 14.4. The Hall–Kier alpha value is -2.58. The quantitative estimate of drug-likeness (QED) is 0.716. The number of hydrogen-bond acceptors (Lipinski definition) is 5. The van der Waals surface area contributed by atoms with Gasteiger partial charge in [-0.1, -0.05) is 18.2 Å². The summed E-state index contributed by atoms with van der Waals surface area (Å²) in [5.74, 6) is -0.167. The lowest BCUT2D eigenvalue weighted by molar-refractivity contribution is 0.498. The topological polar surface area (TPSA) is 85.1 Å². The molecule has 1 heterocycles. The number of rotatable bonds is 6. The molecule has 2 aromatic carbocycles. The van der Waals surface area contributed by atoms with Crippen molar-refractivity contribution in [1.29, 1.82) is 0 Å². The molecule has 3 rings (SSSR count). The molecule has 136 valence electrons. The summed E-state index contributed by atoms with van der Waals surface area (Å²) in [5, 5.41) is 7.64. The van der Waals surface area contributed by atoms with Gasteiger partial charge in [0.2, 0.25) is 15.9 Å². The minimum Gasteiger partial charge on any atom is -0.421 e. The van der Waals surface area contributed by atoms with Crippen LogP contribution in [0.4, 0.5) is 4.39 Å². The first-order chi connectivity index (χ1) is 12.4. The van der Waals surface area contributed by atoms with E-state index in [1.165, 1.54) is 12.1 Å². The van der Waals surface area contributed by atoms with Crippen LogP contribution >= 0.6 is 0 Å². The number of nitrogens with one attached hydrogen (secondary N) is 1. The van der Waals surface area contributed by atoms with Gasteiger partial charge in [-0.15, -0.1) is 10.2 Å². The first-order valence-electron chi connectivity index (χ1n) is 8.01. The Morgan fingerprint density at radius 3 is 2.58 bits per heavy atom. The van der Waals surface area contributed by atoms with Crippen LogP contribution in [0, 0.1) is 19.7 Å². The molecule has 0 aliphatic carbocycles. The van der Waals surface area contributed by atoms with Gasteiger partial charge >= 0.3 is 0 Å². The van der Waals surface area contributed by atoms with Crippen LogP contribution in [0.3, 0.4) is 0 Å². The highest BCUT2D eigenvalue weighted by atomic mass is 32.2. The molecule has 0 saturated heterocycles. The first kappa shape index (κ1) is 18.2. The lowest BCUT2D eigenvalue weighted by Gasteiger charge is -2.07. The van der Waals surface area contributed by atoms with Crippen LogP contribution in [0.25, 0.3) is 11.5 Å². The standard InChI is InChI=1S/C18H18FN3O3S/c1-12-7-8-14(11-13(12)2)26(23,24)20-10-9-17-21-22-18(25-17)15-5-3-4-6-16(15)19/h3-8,11,20H,9-10H2,1-2H3. The summed E-state index contributed by atoms with van der Waals surface area (Å²) < 4.78 is 46.3. The van der Waals surface area contributed by atoms with Crippen LogP contribution in [0.2, 0.25) is 0 Å². The number of hydrogen-bond donors (Lipinski definition) is 1. The molecule has 0 bridgehead atoms. The number of sulfonamides is 1. The maximum atomic E-state index is 13.7. The van der Waals surface area contributed by atoms with Gasteiger partial charge in [-0.2, -0.15) is 0 Å². The lowest BCUT2D eigenvalue weighted by atomic mass is 10.1. The Bertz CT molecular complexity index is 1030. The predicted octanol–water partition coefficient (Wildman–Crippen LogP) is 3.01. The molecular weight excluding hydrogens is 357 g/mol. The Labute approximate surface area is 151 Å². The van der Waals surface area contributed by atoms with Crippen LogP contribution in [0.1, 0.15) is 17.0 Å². The minimum atomic E-state index is -3.62. The third-order valence-electron chi connectivity index (χ3n) is 3.99. The van der Waals surface area contributed by atoms with Crippen molar-refractivity contribution >= 4 is 10.0 Å².